The zero-order chi connectivity index (χ0) is 12.2. The second-order valence-corrected chi connectivity index (χ2v) is 5.32. The Labute approximate surface area is 99.5 Å². The molecule has 1 rings (SSSR count). The number of hydrogen-bond donors (Lipinski definition) is 1. The molecule has 0 spiro atoms. The summed E-state index contributed by atoms with van der Waals surface area (Å²) >= 11 is 0. The van der Waals surface area contributed by atoms with Crippen molar-refractivity contribution in [2.24, 2.45) is 5.92 Å². The van der Waals surface area contributed by atoms with Crippen LogP contribution in [-0.4, -0.2) is 5.11 Å². The van der Waals surface area contributed by atoms with Crippen LogP contribution in [0.2, 0.25) is 0 Å². The van der Waals surface area contributed by atoms with E-state index in [9.17, 15) is 5.11 Å². The maximum absolute atomic E-state index is 9.30. The van der Waals surface area contributed by atoms with Gasteiger partial charge in [0, 0.05) is 0 Å². The molecule has 0 heterocycles. The summed E-state index contributed by atoms with van der Waals surface area (Å²) in [7, 11) is 0. The van der Waals surface area contributed by atoms with Crippen LogP contribution >= 0.6 is 0 Å². The van der Waals surface area contributed by atoms with Gasteiger partial charge in [0.1, 0.15) is 5.75 Å². The Balaban J connectivity index is 2.80. The van der Waals surface area contributed by atoms with Gasteiger partial charge in [0.15, 0.2) is 0 Å². The highest BCUT2D eigenvalue weighted by Crippen LogP contribution is 2.33. The lowest BCUT2D eigenvalue weighted by molar-refractivity contribution is 0.342. The molecule has 1 aromatic rings. The first-order chi connectivity index (χ1) is 7.49. The Hall–Kier alpha value is -0.980. The van der Waals surface area contributed by atoms with Gasteiger partial charge in [-0.15, -0.1) is 0 Å². The van der Waals surface area contributed by atoms with Crippen molar-refractivity contribution in [1.82, 2.24) is 0 Å². The molecule has 0 bridgehead atoms. The van der Waals surface area contributed by atoms with E-state index < -0.39 is 0 Å². The third-order valence-electron chi connectivity index (χ3n) is 3.60. The minimum atomic E-state index is 0.199. The van der Waals surface area contributed by atoms with Crippen LogP contribution in [0.3, 0.4) is 0 Å². The maximum Gasteiger partial charge on any atom is 0.115 e. The highest BCUT2D eigenvalue weighted by molar-refractivity contribution is 5.30. The Morgan fingerprint density at radius 2 is 1.56 bits per heavy atom. The maximum atomic E-state index is 9.30. The van der Waals surface area contributed by atoms with Crippen LogP contribution in [0.4, 0.5) is 0 Å². The molecule has 0 atom stereocenters. The van der Waals surface area contributed by atoms with Crippen LogP contribution in [-0.2, 0) is 5.41 Å². The summed E-state index contributed by atoms with van der Waals surface area (Å²) in [6.07, 6.45) is 3.71. The number of phenols is 1. The van der Waals surface area contributed by atoms with Crippen LogP contribution in [0.5, 0.6) is 5.75 Å². The second kappa shape index (κ2) is 5.38. The quantitative estimate of drug-likeness (QED) is 0.774. The molecule has 0 aliphatic rings. The van der Waals surface area contributed by atoms with Gasteiger partial charge in [-0.3, -0.25) is 0 Å². The van der Waals surface area contributed by atoms with Gasteiger partial charge in [0.25, 0.3) is 0 Å². The largest absolute Gasteiger partial charge is 0.508 e. The average molecular weight is 220 g/mol. The Bertz CT molecular complexity index is 307. The first-order valence-corrected chi connectivity index (χ1v) is 6.29. The summed E-state index contributed by atoms with van der Waals surface area (Å²) in [6, 6.07) is 7.64. The van der Waals surface area contributed by atoms with Gasteiger partial charge in [-0.05, 0) is 35.4 Å². The third kappa shape index (κ3) is 3.26. The highest BCUT2D eigenvalue weighted by Gasteiger charge is 2.23. The van der Waals surface area contributed by atoms with Crippen LogP contribution in [0, 0.1) is 5.92 Å². The molecule has 0 fully saturated rings. The fourth-order valence-electron chi connectivity index (χ4n) is 2.33. The summed E-state index contributed by atoms with van der Waals surface area (Å²) in [5.74, 6) is 1.14. The molecule has 0 aliphatic carbocycles. The molecule has 90 valence electrons. The predicted octanol–water partition coefficient (Wildman–Crippen LogP) is 4.50. The molecule has 1 heteroatoms. The van der Waals surface area contributed by atoms with Gasteiger partial charge >= 0.3 is 0 Å². The van der Waals surface area contributed by atoms with Crippen LogP contribution < -0.4 is 0 Å². The van der Waals surface area contributed by atoms with Gasteiger partial charge in [0.2, 0.25) is 0 Å². The molecular formula is C15H24O. The fourth-order valence-corrected chi connectivity index (χ4v) is 2.33. The number of phenolic OH excluding ortho intramolecular Hbond substituents is 1. The van der Waals surface area contributed by atoms with E-state index in [-0.39, 0.29) is 5.41 Å². The van der Waals surface area contributed by atoms with Gasteiger partial charge in [0.05, 0.1) is 0 Å². The molecule has 0 unspecified atom stereocenters. The molecule has 0 radical (unpaired) electrons. The van der Waals surface area contributed by atoms with Crippen LogP contribution in [0.1, 0.15) is 52.5 Å². The van der Waals surface area contributed by atoms with E-state index in [1.165, 1.54) is 24.8 Å². The first kappa shape index (κ1) is 13.1. The zero-order valence-corrected chi connectivity index (χ0v) is 11.0. The lowest BCUT2D eigenvalue weighted by Gasteiger charge is -2.29. The summed E-state index contributed by atoms with van der Waals surface area (Å²) in [5, 5.41) is 9.30. The summed E-state index contributed by atoms with van der Waals surface area (Å²) < 4.78 is 0. The van der Waals surface area contributed by atoms with Crippen molar-refractivity contribution in [1.29, 1.82) is 0 Å². The van der Waals surface area contributed by atoms with Gasteiger partial charge in [-0.1, -0.05) is 52.7 Å². The molecule has 16 heavy (non-hydrogen) atoms. The molecule has 1 aromatic carbocycles. The number of hydrogen-bond acceptors (Lipinski definition) is 1. The Morgan fingerprint density at radius 3 is 2.00 bits per heavy atom. The van der Waals surface area contributed by atoms with Crippen molar-refractivity contribution < 1.29 is 5.11 Å². The van der Waals surface area contributed by atoms with Crippen molar-refractivity contribution in [3.8, 4) is 5.75 Å². The van der Waals surface area contributed by atoms with E-state index in [0.717, 1.165) is 5.92 Å². The second-order valence-electron chi connectivity index (χ2n) is 5.32. The monoisotopic (exact) mass is 220 g/mol. The predicted molar refractivity (Wildman–Crippen MR) is 69.8 cm³/mol. The van der Waals surface area contributed by atoms with Crippen molar-refractivity contribution in [2.75, 3.05) is 0 Å². The topological polar surface area (TPSA) is 20.2 Å². The summed E-state index contributed by atoms with van der Waals surface area (Å²) in [6.45, 7) is 9.11. The minimum absolute atomic E-state index is 0.199. The molecule has 0 amide bonds. The van der Waals surface area contributed by atoms with Crippen molar-refractivity contribution in [3.05, 3.63) is 29.8 Å². The Kier molecular flexibility index (Phi) is 4.40. The molecule has 0 aliphatic heterocycles. The molecule has 0 saturated carbocycles. The van der Waals surface area contributed by atoms with Gasteiger partial charge in [-0.25, -0.2) is 0 Å². The number of aromatic hydroxyl groups is 1. The number of benzene rings is 1. The lowest BCUT2D eigenvalue weighted by Crippen LogP contribution is -2.21. The van der Waals surface area contributed by atoms with E-state index in [0.29, 0.717) is 5.75 Å². The fraction of sp³-hybridized carbons (Fsp3) is 0.600. The third-order valence-corrected chi connectivity index (χ3v) is 3.60. The molecule has 0 aromatic heterocycles. The summed E-state index contributed by atoms with van der Waals surface area (Å²) in [5.41, 5.74) is 1.52. The SMILES string of the molecule is CCC(CC)CC(C)(C)c1ccc(O)cc1. The lowest BCUT2D eigenvalue weighted by atomic mass is 9.76. The van der Waals surface area contributed by atoms with E-state index in [2.05, 4.69) is 27.7 Å². The zero-order valence-electron chi connectivity index (χ0n) is 11.0. The van der Waals surface area contributed by atoms with Crippen molar-refractivity contribution >= 4 is 0 Å². The van der Waals surface area contributed by atoms with Crippen LogP contribution in [0.15, 0.2) is 24.3 Å². The average Bonchev–Trinajstić information content (AvgIpc) is 2.26. The molecule has 0 saturated heterocycles. The normalized spacial score (nSPS) is 12.1. The van der Waals surface area contributed by atoms with Crippen molar-refractivity contribution in [2.45, 2.75) is 52.4 Å². The molecule has 1 nitrogen and oxygen atoms in total. The molecule has 1 N–H and O–H groups in total. The molecular weight excluding hydrogens is 196 g/mol. The minimum Gasteiger partial charge on any atom is -0.508 e. The van der Waals surface area contributed by atoms with E-state index in [1.807, 2.05) is 12.1 Å². The van der Waals surface area contributed by atoms with Crippen molar-refractivity contribution in [3.63, 3.8) is 0 Å². The van der Waals surface area contributed by atoms with Gasteiger partial charge < -0.3 is 5.11 Å². The first-order valence-electron chi connectivity index (χ1n) is 6.29. The van der Waals surface area contributed by atoms with Crippen LogP contribution in [0.25, 0.3) is 0 Å². The van der Waals surface area contributed by atoms with E-state index >= 15 is 0 Å². The van der Waals surface area contributed by atoms with Gasteiger partial charge in [-0.2, -0.15) is 0 Å². The number of rotatable bonds is 5. The Morgan fingerprint density at radius 1 is 1.06 bits per heavy atom. The standard InChI is InChI=1S/C15H24O/c1-5-12(6-2)11-15(3,4)13-7-9-14(16)10-8-13/h7-10,12,16H,5-6,11H2,1-4H3. The summed E-state index contributed by atoms with van der Waals surface area (Å²) in [4.78, 5) is 0. The van der Waals surface area contributed by atoms with E-state index in [1.54, 1.807) is 12.1 Å². The highest BCUT2D eigenvalue weighted by atomic mass is 16.3. The smallest absolute Gasteiger partial charge is 0.115 e. The van der Waals surface area contributed by atoms with E-state index in [4.69, 9.17) is 0 Å².